The molecule has 4 atom stereocenters. The van der Waals surface area contributed by atoms with Gasteiger partial charge in [-0.05, 0) is 56.1 Å². The molecule has 0 unspecified atom stereocenters. The van der Waals surface area contributed by atoms with Crippen molar-refractivity contribution in [3.05, 3.63) is 24.3 Å². The summed E-state index contributed by atoms with van der Waals surface area (Å²) in [4.78, 5) is 14.8. The number of urea groups is 1. The Morgan fingerprint density at radius 1 is 1.20 bits per heavy atom. The normalized spacial score (nSPS) is 29.5. The maximum atomic E-state index is 12.6. The third kappa shape index (κ3) is 3.61. The lowest BCUT2D eigenvalue weighted by Gasteiger charge is -2.31. The SMILES string of the molecule is C[C@H](NC(=O)Nc1ccccc1N1CCOCC1)[C@H]1C[C@H]2CC[C@H]1C2. The van der Waals surface area contributed by atoms with Crippen molar-refractivity contribution >= 4 is 17.4 Å². The van der Waals surface area contributed by atoms with E-state index >= 15 is 0 Å². The lowest BCUT2D eigenvalue weighted by Crippen LogP contribution is -2.42. The van der Waals surface area contributed by atoms with Crippen LogP contribution in [0.25, 0.3) is 0 Å². The van der Waals surface area contributed by atoms with Gasteiger partial charge < -0.3 is 20.3 Å². The van der Waals surface area contributed by atoms with Crippen molar-refractivity contribution in [2.24, 2.45) is 17.8 Å². The van der Waals surface area contributed by atoms with E-state index in [-0.39, 0.29) is 12.1 Å². The van der Waals surface area contributed by atoms with Crippen LogP contribution < -0.4 is 15.5 Å². The molecular formula is C20H29N3O2. The van der Waals surface area contributed by atoms with Crippen molar-refractivity contribution < 1.29 is 9.53 Å². The van der Waals surface area contributed by atoms with Crippen LogP contribution in [0.1, 0.15) is 32.6 Å². The number of carbonyl (C=O) groups is 1. The summed E-state index contributed by atoms with van der Waals surface area (Å²) in [6, 6.07) is 8.19. The molecule has 0 spiro atoms. The first-order chi connectivity index (χ1) is 12.2. The van der Waals surface area contributed by atoms with Crippen molar-refractivity contribution in [2.75, 3.05) is 36.5 Å². The largest absolute Gasteiger partial charge is 0.378 e. The average Bonchev–Trinajstić information content (AvgIpc) is 3.26. The summed E-state index contributed by atoms with van der Waals surface area (Å²) in [6.45, 7) is 5.37. The number of morpholine rings is 1. The molecule has 1 aromatic carbocycles. The number of amides is 2. The lowest BCUT2D eigenvalue weighted by atomic mass is 9.84. The van der Waals surface area contributed by atoms with Gasteiger partial charge in [-0.3, -0.25) is 0 Å². The number of hydrogen-bond acceptors (Lipinski definition) is 3. The zero-order chi connectivity index (χ0) is 17.2. The third-order valence-electron chi connectivity index (χ3n) is 6.30. The molecule has 1 heterocycles. The molecule has 3 aliphatic rings. The van der Waals surface area contributed by atoms with Gasteiger partial charge in [-0.1, -0.05) is 18.6 Å². The highest BCUT2D eigenvalue weighted by atomic mass is 16.5. The van der Waals surface area contributed by atoms with Gasteiger partial charge in [0, 0.05) is 19.1 Å². The first-order valence-corrected chi connectivity index (χ1v) is 9.70. The maximum absolute atomic E-state index is 12.6. The first-order valence-electron chi connectivity index (χ1n) is 9.70. The van der Waals surface area contributed by atoms with E-state index in [0.29, 0.717) is 5.92 Å². The number of nitrogens with zero attached hydrogens (tertiary/aromatic N) is 1. The molecule has 4 rings (SSSR count). The first kappa shape index (κ1) is 16.7. The van der Waals surface area contributed by atoms with E-state index in [1.54, 1.807) is 0 Å². The molecule has 136 valence electrons. The van der Waals surface area contributed by atoms with Crippen LogP contribution >= 0.6 is 0 Å². The Hall–Kier alpha value is -1.75. The molecule has 1 aromatic rings. The number of fused-ring (bicyclic) bond motifs is 2. The average molecular weight is 343 g/mol. The smallest absolute Gasteiger partial charge is 0.319 e. The Morgan fingerprint density at radius 2 is 2.00 bits per heavy atom. The molecular weight excluding hydrogens is 314 g/mol. The predicted octanol–water partition coefficient (Wildman–Crippen LogP) is 3.47. The van der Waals surface area contributed by atoms with E-state index in [0.717, 1.165) is 49.5 Å². The minimum atomic E-state index is -0.0871. The molecule has 3 fully saturated rings. The van der Waals surface area contributed by atoms with Gasteiger partial charge in [0.05, 0.1) is 24.6 Å². The second-order valence-electron chi connectivity index (χ2n) is 7.84. The molecule has 2 amide bonds. The van der Waals surface area contributed by atoms with Crippen LogP contribution in [-0.4, -0.2) is 38.4 Å². The highest BCUT2D eigenvalue weighted by molar-refractivity contribution is 5.93. The number of carbonyl (C=O) groups excluding carboxylic acids is 1. The monoisotopic (exact) mass is 343 g/mol. The van der Waals surface area contributed by atoms with Crippen molar-refractivity contribution in [2.45, 2.75) is 38.6 Å². The number of para-hydroxylation sites is 2. The Bertz CT molecular complexity index is 615. The Labute approximate surface area is 150 Å². The lowest BCUT2D eigenvalue weighted by molar-refractivity contribution is 0.123. The van der Waals surface area contributed by atoms with E-state index in [4.69, 9.17) is 4.74 Å². The number of rotatable bonds is 4. The van der Waals surface area contributed by atoms with E-state index in [1.165, 1.54) is 25.7 Å². The Morgan fingerprint density at radius 3 is 2.72 bits per heavy atom. The van der Waals surface area contributed by atoms with Gasteiger partial charge in [-0.2, -0.15) is 0 Å². The fraction of sp³-hybridized carbons (Fsp3) is 0.650. The maximum Gasteiger partial charge on any atom is 0.319 e. The Kier molecular flexibility index (Phi) is 4.84. The summed E-state index contributed by atoms with van der Waals surface area (Å²) in [5.74, 6) is 2.38. The Balaban J connectivity index is 1.37. The van der Waals surface area contributed by atoms with Crippen molar-refractivity contribution in [1.82, 2.24) is 5.32 Å². The number of nitrogens with one attached hydrogen (secondary N) is 2. The second-order valence-corrected chi connectivity index (χ2v) is 7.84. The van der Waals surface area contributed by atoms with Gasteiger partial charge >= 0.3 is 6.03 Å². The summed E-state index contributed by atoms with van der Waals surface area (Å²) >= 11 is 0. The van der Waals surface area contributed by atoms with Gasteiger partial charge in [0.15, 0.2) is 0 Å². The van der Waals surface area contributed by atoms with E-state index < -0.39 is 0 Å². The minimum Gasteiger partial charge on any atom is -0.378 e. The summed E-state index contributed by atoms with van der Waals surface area (Å²) in [5, 5.41) is 6.27. The number of hydrogen-bond donors (Lipinski definition) is 2. The number of benzene rings is 1. The van der Waals surface area contributed by atoms with E-state index in [1.807, 2.05) is 18.2 Å². The molecule has 0 radical (unpaired) electrons. The number of anilines is 2. The van der Waals surface area contributed by atoms with Crippen molar-refractivity contribution in [3.8, 4) is 0 Å². The highest BCUT2D eigenvalue weighted by Crippen LogP contribution is 2.49. The third-order valence-corrected chi connectivity index (χ3v) is 6.30. The molecule has 2 bridgehead atoms. The summed E-state index contributed by atoms with van der Waals surface area (Å²) in [5.41, 5.74) is 1.95. The fourth-order valence-corrected chi connectivity index (χ4v) is 5.04. The summed E-state index contributed by atoms with van der Waals surface area (Å²) in [7, 11) is 0. The van der Waals surface area contributed by atoms with Crippen LogP contribution in [0.5, 0.6) is 0 Å². The zero-order valence-corrected chi connectivity index (χ0v) is 15.0. The molecule has 25 heavy (non-hydrogen) atoms. The second kappa shape index (κ2) is 7.24. The van der Waals surface area contributed by atoms with Crippen LogP contribution in [0.3, 0.4) is 0 Å². The quantitative estimate of drug-likeness (QED) is 0.880. The molecule has 0 aromatic heterocycles. The zero-order valence-electron chi connectivity index (χ0n) is 15.0. The van der Waals surface area contributed by atoms with Gasteiger partial charge in [0.25, 0.3) is 0 Å². The van der Waals surface area contributed by atoms with Crippen LogP contribution in [0.2, 0.25) is 0 Å². The minimum absolute atomic E-state index is 0.0871. The predicted molar refractivity (Wildman–Crippen MR) is 100 cm³/mol. The standard InChI is InChI=1S/C20H29N3O2/c1-14(17-13-15-6-7-16(17)12-15)21-20(24)22-18-4-2-3-5-19(18)23-8-10-25-11-9-23/h2-5,14-17H,6-13H2,1H3,(H2,21,22,24)/t14-,15-,16-,17+/m0/s1. The van der Waals surface area contributed by atoms with E-state index in [2.05, 4.69) is 28.5 Å². The van der Waals surface area contributed by atoms with Crippen LogP contribution in [0.4, 0.5) is 16.2 Å². The molecule has 2 N–H and O–H groups in total. The molecule has 5 heteroatoms. The topological polar surface area (TPSA) is 53.6 Å². The highest BCUT2D eigenvalue weighted by Gasteiger charge is 2.42. The fourth-order valence-electron chi connectivity index (χ4n) is 5.04. The van der Waals surface area contributed by atoms with E-state index in [9.17, 15) is 4.79 Å². The molecule has 2 aliphatic carbocycles. The molecule has 1 aliphatic heterocycles. The van der Waals surface area contributed by atoms with Crippen LogP contribution in [-0.2, 0) is 4.74 Å². The van der Waals surface area contributed by atoms with Gasteiger partial charge in [-0.25, -0.2) is 4.79 Å². The van der Waals surface area contributed by atoms with Crippen molar-refractivity contribution in [1.29, 1.82) is 0 Å². The summed E-state index contributed by atoms with van der Waals surface area (Å²) in [6.07, 6.45) is 5.41. The number of ether oxygens (including phenoxy) is 1. The van der Waals surface area contributed by atoms with Crippen molar-refractivity contribution in [3.63, 3.8) is 0 Å². The van der Waals surface area contributed by atoms with Gasteiger partial charge in [0.1, 0.15) is 0 Å². The van der Waals surface area contributed by atoms with Crippen LogP contribution in [0.15, 0.2) is 24.3 Å². The van der Waals surface area contributed by atoms with Gasteiger partial charge in [-0.15, -0.1) is 0 Å². The summed E-state index contributed by atoms with van der Waals surface area (Å²) < 4.78 is 5.43. The van der Waals surface area contributed by atoms with Gasteiger partial charge in [0.2, 0.25) is 0 Å². The van der Waals surface area contributed by atoms with Crippen LogP contribution in [0, 0.1) is 17.8 Å². The molecule has 5 nitrogen and oxygen atoms in total. The molecule has 1 saturated heterocycles. The molecule has 2 saturated carbocycles.